The Morgan fingerprint density at radius 2 is 1.12 bits per heavy atom. The average molecular weight is 465 g/mol. The third kappa shape index (κ3) is 6.00. The number of rotatable bonds is 14. The molecule has 0 aliphatic heterocycles. The Balaban J connectivity index is 1.93. The molecule has 0 bridgehead atoms. The molecule has 2 atom stereocenters. The van der Waals surface area contributed by atoms with Crippen LogP contribution in [0.5, 0.6) is 0 Å². The monoisotopic (exact) mass is 464 g/mol. The molecule has 0 fully saturated rings. The van der Waals surface area contributed by atoms with Gasteiger partial charge in [0, 0.05) is 35.6 Å². The van der Waals surface area contributed by atoms with Crippen LogP contribution in [0.15, 0.2) is 35.4 Å². The highest BCUT2D eigenvalue weighted by molar-refractivity contribution is 6.34. The van der Waals surface area contributed by atoms with E-state index in [1.165, 1.54) is 38.5 Å². The molecule has 0 spiro atoms. The zero-order valence-corrected chi connectivity index (χ0v) is 21.8. The molecule has 186 valence electrons. The minimum atomic E-state index is -0.00803. The maximum atomic E-state index is 13.7. The Morgan fingerprint density at radius 3 is 1.47 bits per heavy atom. The molecule has 1 aromatic carbocycles. The van der Waals surface area contributed by atoms with Crippen molar-refractivity contribution in [3.63, 3.8) is 0 Å². The quantitative estimate of drug-likeness (QED) is 0.293. The number of unbranched alkanes of at least 4 members (excludes halogenated alkanes) is 2. The van der Waals surface area contributed by atoms with E-state index in [9.17, 15) is 9.59 Å². The highest BCUT2D eigenvalue weighted by Gasteiger charge is 2.37. The van der Waals surface area contributed by atoms with Crippen LogP contribution in [0.2, 0.25) is 0 Å². The zero-order chi connectivity index (χ0) is 24.5. The smallest absolute Gasteiger partial charge is 0.196 e. The maximum absolute atomic E-state index is 13.7. The first kappa shape index (κ1) is 26.2. The molecule has 0 aromatic heterocycles. The van der Waals surface area contributed by atoms with E-state index >= 15 is 0 Å². The Morgan fingerprint density at radius 1 is 0.706 bits per heavy atom. The lowest BCUT2D eigenvalue weighted by molar-refractivity contribution is 0.0972. The van der Waals surface area contributed by atoms with Gasteiger partial charge in [0.05, 0.1) is 11.1 Å². The molecule has 0 amide bonds. The fourth-order valence-electron chi connectivity index (χ4n) is 5.14. The van der Waals surface area contributed by atoms with Crippen LogP contribution in [0.4, 0.5) is 11.4 Å². The Kier molecular flexibility index (Phi) is 9.98. The van der Waals surface area contributed by atoms with Crippen LogP contribution in [-0.2, 0) is 0 Å². The SMILES string of the molecule is CCCCC(CC)CNc1ccc(NCC(CC)CCCC)c2c1C(=O)C1=CCCC=C1C2=O. The Hall–Kier alpha value is -2.36. The predicted octanol–water partition coefficient (Wildman–Crippen LogP) is 7.97. The highest BCUT2D eigenvalue weighted by Crippen LogP contribution is 2.40. The van der Waals surface area contributed by atoms with Gasteiger partial charge in [0.2, 0.25) is 0 Å². The van der Waals surface area contributed by atoms with Gasteiger partial charge in [0.25, 0.3) is 0 Å². The number of carbonyl (C=O) groups is 2. The van der Waals surface area contributed by atoms with Gasteiger partial charge in [-0.25, -0.2) is 0 Å². The minimum absolute atomic E-state index is 0.00803. The molecule has 2 unspecified atom stereocenters. The molecule has 3 rings (SSSR count). The largest absolute Gasteiger partial charge is 0.384 e. The third-order valence-electron chi connectivity index (χ3n) is 7.55. The molecule has 4 nitrogen and oxygen atoms in total. The molecule has 0 radical (unpaired) electrons. The zero-order valence-electron chi connectivity index (χ0n) is 21.8. The summed E-state index contributed by atoms with van der Waals surface area (Å²) in [6.45, 7) is 10.6. The van der Waals surface area contributed by atoms with Crippen LogP contribution >= 0.6 is 0 Å². The molecule has 1 aromatic rings. The Bertz CT molecular complexity index is 853. The molecule has 2 N–H and O–H groups in total. The van der Waals surface area contributed by atoms with Gasteiger partial charge in [0.15, 0.2) is 11.6 Å². The van der Waals surface area contributed by atoms with Crippen molar-refractivity contribution in [2.24, 2.45) is 11.8 Å². The van der Waals surface area contributed by atoms with E-state index in [1.807, 2.05) is 24.3 Å². The lowest BCUT2D eigenvalue weighted by Crippen LogP contribution is -2.28. The first-order chi connectivity index (χ1) is 16.5. The summed E-state index contributed by atoms with van der Waals surface area (Å²) in [5.41, 5.74) is 3.92. The number of ketones is 2. The van der Waals surface area contributed by atoms with Gasteiger partial charge in [-0.15, -0.1) is 0 Å². The van der Waals surface area contributed by atoms with E-state index in [0.717, 1.165) is 50.1 Å². The van der Waals surface area contributed by atoms with Crippen LogP contribution < -0.4 is 10.6 Å². The summed E-state index contributed by atoms with van der Waals surface area (Å²) in [5.74, 6) is 1.12. The van der Waals surface area contributed by atoms with Crippen LogP contribution in [0.1, 0.15) is 113 Å². The van der Waals surface area contributed by atoms with E-state index in [-0.39, 0.29) is 11.6 Å². The van der Waals surface area contributed by atoms with Crippen molar-refractivity contribution in [3.05, 3.63) is 46.6 Å². The first-order valence-corrected chi connectivity index (χ1v) is 13.7. The minimum Gasteiger partial charge on any atom is -0.384 e. The Labute approximate surface area is 206 Å². The summed E-state index contributed by atoms with van der Waals surface area (Å²) in [5, 5.41) is 7.13. The summed E-state index contributed by atoms with van der Waals surface area (Å²) in [6, 6.07) is 4.01. The van der Waals surface area contributed by atoms with Crippen molar-refractivity contribution < 1.29 is 9.59 Å². The van der Waals surface area contributed by atoms with Crippen molar-refractivity contribution in [1.29, 1.82) is 0 Å². The molecule has 4 heteroatoms. The number of benzene rings is 1. The standard InChI is InChI=1S/C30H44N2O2/c1-5-9-13-21(7-3)19-31-25-17-18-26(32-20-22(8-4)14-10-6-2)28-27(25)29(33)23-15-11-12-16-24(23)30(28)34/h15-18,21-22,31-32H,5-14,19-20H2,1-4H3. The maximum Gasteiger partial charge on any atom is 0.196 e. The third-order valence-corrected chi connectivity index (χ3v) is 7.55. The van der Waals surface area contributed by atoms with Gasteiger partial charge in [-0.05, 0) is 49.7 Å². The number of carbonyl (C=O) groups excluding carboxylic acids is 2. The second-order valence-corrected chi connectivity index (χ2v) is 9.98. The molecule has 0 saturated heterocycles. The van der Waals surface area contributed by atoms with Gasteiger partial charge in [-0.1, -0.05) is 78.4 Å². The van der Waals surface area contributed by atoms with E-state index in [4.69, 9.17) is 0 Å². The van der Waals surface area contributed by atoms with E-state index < -0.39 is 0 Å². The van der Waals surface area contributed by atoms with E-state index in [0.29, 0.717) is 34.1 Å². The molecule has 0 saturated carbocycles. The van der Waals surface area contributed by atoms with Crippen molar-refractivity contribution in [2.45, 2.75) is 91.9 Å². The molecule has 2 aliphatic rings. The molecule has 34 heavy (non-hydrogen) atoms. The van der Waals surface area contributed by atoms with Crippen LogP contribution in [0.3, 0.4) is 0 Å². The average Bonchev–Trinajstić information content (AvgIpc) is 2.87. The van der Waals surface area contributed by atoms with Crippen molar-refractivity contribution >= 4 is 22.9 Å². The van der Waals surface area contributed by atoms with Crippen molar-refractivity contribution in [3.8, 4) is 0 Å². The fraction of sp³-hybridized carbons (Fsp3) is 0.600. The van der Waals surface area contributed by atoms with Crippen LogP contribution in [-0.4, -0.2) is 24.7 Å². The summed E-state index contributed by atoms with van der Waals surface area (Å²) in [6.07, 6.45) is 15.0. The van der Waals surface area contributed by atoms with Gasteiger partial charge in [-0.3, -0.25) is 9.59 Å². The van der Waals surface area contributed by atoms with E-state index in [2.05, 4.69) is 38.3 Å². The van der Waals surface area contributed by atoms with Gasteiger partial charge in [0.1, 0.15) is 0 Å². The lowest BCUT2D eigenvalue weighted by Gasteiger charge is -2.28. The van der Waals surface area contributed by atoms with Gasteiger partial charge < -0.3 is 10.6 Å². The number of hydrogen-bond donors (Lipinski definition) is 2. The number of nitrogens with one attached hydrogen (secondary N) is 2. The topological polar surface area (TPSA) is 58.2 Å². The molecule has 0 heterocycles. The first-order valence-electron chi connectivity index (χ1n) is 13.7. The predicted molar refractivity (Wildman–Crippen MR) is 144 cm³/mol. The fourth-order valence-corrected chi connectivity index (χ4v) is 5.14. The van der Waals surface area contributed by atoms with Crippen LogP contribution in [0, 0.1) is 11.8 Å². The lowest BCUT2D eigenvalue weighted by atomic mass is 9.78. The molecule has 2 aliphatic carbocycles. The number of Topliss-reactive ketones (excluding diaryl/α,β-unsaturated/α-hetero) is 2. The number of allylic oxidation sites excluding steroid dienone is 4. The number of hydrogen-bond acceptors (Lipinski definition) is 4. The van der Waals surface area contributed by atoms with Gasteiger partial charge in [-0.2, -0.15) is 0 Å². The molecular weight excluding hydrogens is 420 g/mol. The summed E-state index contributed by atoms with van der Waals surface area (Å²) in [4.78, 5) is 27.3. The molecular formula is C30H44N2O2. The van der Waals surface area contributed by atoms with Crippen molar-refractivity contribution in [2.75, 3.05) is 23.7 Å². The summed E-state index contributed by atoms with van der Waals surface area (Å²) >= 11 is 0. The summed E-state index contributed by atoms with van der Waals surface area (Å²) < 4.78 is 0. The van der Waals surface area contributed by atoms with Crippen molar-refractivity contribution in [1.82, 2.24) is 0 Å². The number of fused-ring (bicyclic) bond motifs is 2. The second kappa shape index (κ2) is 12.9. The summed E-state index contributed by atoms with van der Waals surface area (Å²) in [7, 11) is 0. The van der Waals surface area contributed by atoms with Crippen LogP contribution in [0.25, 0.3) is 0 Å². The van der Waals surface area contributed by atoms with E-state index in [1.54, 1.807) is 0 Å². The number of anilines is 2. The highest BCUT2D eigenvalue weighted by atomic mass is 16.1. The normalized spacial score (nSPS) is 16.8. The second-order valence-electron chi connectivity index (χ2n) is 9.98. The van der Waals surface area contributed by atoms with Gasteiger partial charge >= 0.3 is 0 Å².